The number of carbonyl (C=O) groups is 1. The van der Waals surface area contributed by atoms with Crippen LogP contribution in [0.4, 0.5) is 0 Å². The van der Waals surface area contributed by atoms with Crippen molar-refractivity contribution in [3.05, 3.63) is 95.0 Å². The fraction of sp³-hybridized carbons (Fsp3) is 0.240. The molecule has 8 heteroatoms. The number of benzene rings is 3. The number of sulfonamides is 1. The normalized spacial score (nSPS) is 12.2. The molecule has 0 aromatic heterocycles. The van der Waals surface area contributed by atoms with Gasteiger partial charge >= 0.3 is 0 Å². The Hall–Kier alpha value is -2.87. The molecule has 1 atom stereocenters. The second-order valence-electron chi connectivity index (χ2n) is 7.57. The molecule has 0 aliphatic carbocycles. The van der Waals surface area contributed by atoms with E-state index < -0.39 is 16.1 Å². The summed E-state index contributed by atoms with van der Waals surface area (Å²) in [7, 11) is -2.36. The van der Waals surface area contributed by atoms with Crippen LogP contribution in [0.3, 0.4) is 0 Å². The van der Waals surface area contributed by atoms with Crippen molar-refractivity contribution in [2.24, 2.45) is 0 Å². The number of rotatable bonds is 10. The van der Waals surface area contributed by atoms with Crippen LogP contribution in [-0.2, 0) is 27.8 Å². The number of hydrogen-bond acceptors (Lipinski definition) is 4. The van der Waals surface area contributed by atoms with Gasteiger partial charge in [-0.25, -0.2) is 8.42 Å². The molecular weight excluding hydrogens is 460 g/mol. The summed E-state index contributed by atoms with van der Waals surface area (Å²) in [6.07, 6.45) is 0.211. The molecule has 33 heavy (non-hydrogen) atoms. The van der Waals surface area contributed by atoms with Gasteiger partial charge in [0.05, 0.1) is 16.5 Å². The molecule has 1 N–H and O–H groups in total. The first-order valence-corrected chi connectivity index (χ1v) is 12.4. The van der Waals surface area contributed by atoms with Gasteiger partial charge < -0.3 is 9.64 Å². The van der Waals surface area contributed by atoms with E-state index in [2.05, 4.69) is 4.72 Å². The lowest BCUT2D eigenvalue weighted by Gasteiger charge is -2.25. The van der Waals surface area contributed by atoms with E-state index in [0.717, 1.165) is 11.1 Å². The lowest BCUT2D eigenvalue weighted by Crippen LogP contribution is -2.48. The highest BCUT2D eigenvalue weighted by atomic mass is 35.5. The van der Waals surface area contributed by atoms with Gasteiger partial charge in [0.2, 0.25) is 15.9 Å². The average molecular weight is 487 g/mol. The first-order chi connectivity index (χ1) is 15.8. The van der Waals surface area contributed by atoms with Crippen LogP contribution in [0.1, 0.15) is 18.1 Å². The smallest absolute Gasteiger partial charge is 0.241 e. The molecule has 6 nitrogen and oxygen atoms in total. The highest BCUT2D eigenvalue weighted by molar-refractivity contribution is 7.89. The van der Waals surface area contributed by atoms with Crippen molar-refractivity contribution in [2.75, 3.05) is 13.7 Å². The topological polar surface area (TPSA) is 75.7 Å². The number of halogens is 1. The van der Waals surface area contributed by atoms with Gasteiger partial charge in [0.25, 0.3) is 0 Å². The standard InChI is InChI=1S/C25H27ClN2O4S/c1-3-32-24-15-14-21(17-22(24)26)33(30,31)27-23(16-19-10-6-4-7-11-19)25(29)28(2)18-20-12-8-5-9-13-20/h4-15,17,23,27H,3,16,18H2,1-2H3. The first kappa shape index (κ1) is 24.8. The van der Waals surface area contributed by atoms with E-state index >= 15 is 0 Å². The minimum absolute atomic E-state index is 0.0347. The van der Waals surface area contributed by atoms with Crippen LogP contribution in [0.5, 0.6) is 5.75 Å². The molecule has 3 aromatic carbocycles. The van der Waals surface area contributed by atoms with Crippen LogP contribution in [0, 0.1) is 0 Å². The minimum atomic E-state index is -4.02. The third kappa shape index (κ3) is 6.81. The zero-order valence-electron chi connectivity index (χ0n) is 18.6. The number of ether oxygens (including phenoxy) is 1. The Morgan fingerprint density at radius 2 is 1.61 bits per heavy atom. The molecular formula is C25H27ClN2O4S. The van der Waals surface area contributed by atoms with Gasteiger partial charge in [-0.15, -0.1) is 0 Å². The summed E-state index contributed by atoms with van der Waals surface area (Å²) in [5.74, 6) is 0.0703. The van der Waals surface area contributed by atoms with Crippen LogP contribution in [-0.4, -0.2) is 38.9 Å². The first-order valence-electron chi connectivity index (χ1n) is 10.6. The molecule has 0 bridgehead atoms. The van der Waals surface area contributed by atoms with E-state index in [0.29, 0.717) is 18.9 Å². The number of nitrogens with one attached hydrogen (secondary N) is 1. The Morgan fingerprint density at radius 1 is 1.00 bits per heavy atom. The Labute approximate surface area is 200 Å². The van der Waals surface area contributed by atoms with Crippen molar-refractivity contribution < 1.29 is 17.9 Å². The summed E-state index contributed by atoms with van der Waals surface area (Å²) >= 11 is 6.19. The number of nitrogens with zero attached hydrogens (tertiary/aromatic N) is 1. The van der Waals surface area contributed by atoms with Crippen molar-refractivity contribution in [3.8, 4) is 5.75 Å². The fourth-order valence-corrected chi connectivity index (χ4v) is 4.92. The van der Waals surface area contributed by atoms with E-state index in [1.165, 1.54) is 23.1 Å². The number of amides is 1. The van der Waals surface area contributed by atoms with E-state index in [4.69, 9.17) is 16.3 Å². The van der Waals surface area contributed by atoms with E-state index in [-0.39, 0.29) is 22.2 Å². The Balaban J connectivity index is 1.85. The van der Waals surface area contributed by atoms with Gasteiger partial charge in [0.15, 0.2) is 0 Å². The molecule has 0 heterocycles. The van der Waals surface area contributed by atoms with Crippen molar-refractivity contribution in [2.45, 2.75) is 30.8 Å². The van der Waals surface area contributed by atoms with Crippen molar-refractivity contribution in [3.63, 3.8) is 0 Å². The number of carbonyl (C=O) groups excluding carboxylic acids is 1. The Bertz CT molecular complexity index is 1170. The summed E-state index contributed by atoms with van der Waals surface area (Å²) in [5, 5.41) is 0.187. The third-order valence-corrected chi connectivity index (χ3v) is 6.80. The molecule has 0 aliphatic heterocycles. The number of likely N-dealkylation sites (N-methyl/N-ethyl adjacent to an activating group) is 1. The van der Waals surface area contributed by atoms with Crippen LogP contribution in [0.2, 0.25) is 5.02 Å². The van der Waals surface area contributed by atoms with Gasteiger partial charge in [-0.3, -0.25) is 4.79 Å². The lowest BCUT2D eigenvalue weighted by molar-refractivity contribution is -0.132. The van der Waals surface area contributed by atoms with Gasteiger partial charge in [0.1, 0.15) is 11.8 Å². The zero-order valence-corrected chi connectivity index (χ0v) is 20.1. The van der Waals surface area contributed by atoms with Gasteiger partial charge in [0, 0.05) is 13.6 Å². The Kier molecular flexibility index (Phi) is 8.49. The molecule has 174 valence electrons. The maximum atomic E-state index is 13.3. The molecule has 0 aliphatic rings. The van der Waals surface area contributed by atoms with Crippen LogP contribution < -0.4 is 9.46 Å². The molecule has 1 amide bonds. The summed E-state index contributed by atoms with van der Waals surface area (Å²) in [6.45, 7) is 2.58. The maximum Gasteiger partial charge on any atom is 0.241 e. The van der Waals surface area contributed by atoms with Crippen LogP contribution in [0.15, 0.2) is 83.8 Å². The van der Waals surface area contributed by atoms with Crippen molar-refractivity contribution in [1.82, 2.24) is 9.62 Å². The second-order valence-corrected chi connectivity index (χ2v) is 9.69. The SMILES string of the molecule is CCOc1ccc(S(=O)(=O)NC(Cc2ccccc2)C(=O)N(C)Cc2ccccc2)cc1Cl. The van der Waals surface area contributed by atoms with Crippen LogP contribution >= 0.6 is 11.6 Å². The largest absolute Gasteiger partial charge is 0.492 e. The summed E-state index contributed by atoms with van der Waals surface area (Å²) in [4.78, 5) is 14.8. The van der Waals surface area contributed by atoms with Gasteiger partial charge in [-0.2, -0.15) is 4.72 Å². The van der Waals surface area contributed by atoms with Gasteiger partial charge in [-0.05, 0) is 42.7 Å². The van der Waals surface area contributed by atoms with E-state index in [1.54, 1.807) is 7.05 Å². The average Bonchev–Trinajstić information content (AvgIpc) is 2.80. The molecule has 0 spiro atoms. The lowest BCUT2D eigenvalue weighted by atomic mass is 10.1. The number of hydrogen-bond donors (Lipinski definition) is 1. The molecule has 3 aromatic rings. The highest BCUT2D eigenvalue weighted by Crippen LogP contribution is 2.27. The van der Waals surface area contributed by atoms with E-state index in [1.807, 2.05) is 67.6 Å². The molecule has 3 rings (SSSR count). The predicted octanol–water partition coefficient (Wildman–Crippen LogP) is 4.29. The second kappa shape index (κ2) is 11.3. The van der Waals surface area contributed by atoms with Crippen molar-refractivity contribution in [1.29, 1.82) is 0 Å². The van der Waals surface area contributed by atoms with Crippen molar-refractivity contribution >= 4 is 27.5 Å². The highest BCUT2D eigenvalue weighted by Gasteiger charge is 2.29. The van der Waals surface area contributed by atoms with Gasteiger partial charge in [-0.1, -0.05) is 72.3 Å². The summed E-state index contributed by atoms with van der Waals surface area (Å²) in [5.41, 5.74) is 1.80. The minimum Gasteiger partial charge on any atom is -0.492 e. The summed E-state index contributed by atoms with van der Waals surface area (Å²) < 4.78 is 34.3. The molecule has 0 radical (unpaired) electrons. The molecule has 0 saturated carbocycles. The fourth-order valence-electron chi connectivity index (χ4n) is 3.41. The quantitative estimate of drug-likeness (QED) is 0.464. The molecule has 0 saturated heterocycles. The monoisotopic (exact) mass is 486 g/mol. The predicted molar refractivity (Wildman–Crippen MR) is 130 cm³/mol. The summed E-state index contributed by atoms with van der Waals surface area (Å²) in [6, 6.07) is 22.1. The van der Waals surface area contributed by atoms with Crippen LogP contribution in [0.25, 0.3) is 0 Å². The molecule has 1 unspecified atom stereocenters. The maximum absolute atomic E-state index is 13.3. The Morgan fingerprint density at radius 3 is 2.18 bits per heavy atom. The third-order valence-electron chi connectivity index (χ3n) is 5.03. The molecule has 0 fully saturated rings. The zero-order chi connectivity index (χ0) is 23.8. The van der Waals surface area contributed by atoms with E-state index in [9.17, 15) is 13.2 Å².